The zero-order chi connectivity index (χ0) is 17.5. The number of hydrogen-bond donors (Lipinski definition) is 0. The standard InChI is InChI=1S/C25H18S/c1-17-13-20(18-7-3-2-4-8-18)15-21(14-17)19-11-12-25-23(16-19)22-9-5-6-10-24(22)26-25/h2-16H,1H3. The average Bonchev–Trinajstić information content (AvgIpc) is 3.06. The molecule has 0 amide bonds. The number of benzene rings is 4. The molecule has 0 fully saturated rings. The van der Waals surface area contributed by atoms with Gasteiger partial charge in [0.05, 0.1) is 0 Å². The van der Waals surface area contributed by atoms with Gasteiger partial charge in [0.2, 0.25) is 0 Å². The summed E-state index contributed by atoms with van der Waals surface area (Å²) in [4.78, 5) is 0. The minimum absolute atomic E-state index is 1.26. The number of hydrogen-bond acceptors (Lipinski definition) is 1. The third-order valence-electron chi connectivity index (χ3n) is 4.89. The van der Waals surface area contributed by atoms with E-state index < -0.39 is 0 Å². The van der Waals surface area contributed by atoms with Gasteiger partial charge in [-0.05, 0) is 59.0 Å². The maximum Gasteiger partial charge on any atom is 0.0355 e. The molecule has 0 saturated heterocycles. The Hall–Kier alpha value is -2.90. The summed E-state index contributed by atoms with van der Waals surface area (Å²) in [5, 5.41) is 2.70. The minimum Gasteiger partial charge on any atom is -0.135 e. The Kier molecular flexibility index (Phi) is 3.62. The first-order valence-corrected chi connectivity index (χ1v) is 9.68. The smallest absolute Gasteiger partial charge is 0.0355 e. The van der Waals surface area contributed by atoms with Crippen molar-refractivity contribution in [1.82, 2.24) is 0 Å². The monoisotopic (exact) mass is 350 g/mol. The molecular weight excluding hydrogens is 332 g/mol. The molecule has 26 heavy (non-hydrogen) atoms. The Balaban J connectivity index is 1.70. The van der Waals surface area contributed by atoms with Crippen LogP contribution < -0.4 is 0 Å². The van der Waals surface area contributed by atoms with Crippen LogP contribution in [0.5, 0.6) is 0 Å². The van der Waals surface area contributed by atoms with Gasteiger partial charge >= 0.3 is 0 Å². The lowest BCUT2D eigenvalue weighted by Gasteiger charge is -2.09. The van der Waals surface area contributed by atoms with Gasteiger partial charge in [-0.3, -0.25) is 0 Å². The van der Waals surface area contributed by atoms with E-state index in [2.05, 4.69) is 97.9 Å². The molecule has 4 aromatic carbocycles. The lowest BCUT2D eigenvalue weighted by molar-refractivity contribution is 1.46. The van der Waals surface area contributed by atoms with Crippen molar-refractivity contribution in [3.8, 4) is 22.3 Å². The normalized spacial score (nSPS) is 11.3. The van der Waals surface area contributed by atoms with Crippen LogP contribution in [0.2, 0.25) is 0 Å². The van der Waals surface area contributed by atoms with Crippen LogP contribution in [0.3, 0.4) is 0 Å². The van der Waals surface area contributed by atoms with E-state index in [1.807, 2.05) is 11.3 Å². The second kappa shape index (κ2) is 6.12. The van der Waals surface area contributed by atoms with Crippen molar-refractivity contribution in [3.63, 3.8) is 0 Å². The Morgan fingerprint density at radius 1 is 0.500 bits per heavy atom. The molecule has 0 N–H and O–H groups in total. The van der Waals surface area contributed by atoms with E-state index in [0.717, 1.165) is 0 Å². The zero-order valence-electron chi connectivity index (χ0n) is 14.6. The van der Waals surface area contributed by atoms with E-state index in [-0.39, 0.29) is 0 Å². The van der Waals surface area contributed by atoms with E-state index in [9.17, 15) is 0 Å². The Morgan fingerprint density at radius 2 is 1.19 bits per heavy atom. The van der Waals surface area contributed by atoms with Gasteiger partial charge in [-0.2, -0.15) is 0 Å². The van der Waals surface area contributed by atoms with Crippen LogP contribution in [0.1, 0.15) is 5.56 Å². The highest BCUT2D eigenvalue weighted by molar-refractivity contribution is 7.25. The molecule has 0 bridgehead atoms. The molecule has 0 spiro atoms. The summed E-state index contributed by atoms with van der Waals surface area (Å²) in [5.74, 6) is 0. The lowest BCUT2D eigenvalue weighted by atomic mass is 9.96. The summed E-state index contributed by atoms with van der Waals surface area (Å²) >= 11 is 1.87. The van der Waals surface area contributed by atoms with Crippen LogP contribution in [0.4, 0.5) is 0 Å². The highest BCUT2D eigenvalue weighted by atomic mass is 32.1. The molecule has 5 rings (SSSR count). The van der Waals surface area contributed by atoms with Gasteiger partial charge in [-0.15, -0.1) is 11.3 Å². The van der Waals surface area contributed by atoms with Crippen molar-refractivity contribution < 1.29 is 0 Å². The third kappa shape index (κ3) is 2.61. The lowest BCUT2D eigenvalue weighted by Crippen LogP contribution is -1.84. The summed E-state index contributed by atoms with van der Waals surface area (Å²) in [5.41, 5.74) is 6.38. The van der Waals surface area contributed by atoms with Crippen LogP contribution in [0.25, 0.3) is 42.4 Å². The predicted octanol–water partition coefficient (Wildman–Crippen LogP) is 7.70. The van der Waals surface area contributed by atoms with Gasteiger partial charge in [-0.1, -0.05) is 66.7 Å². The fourth-order valence-electron chi connectivity index (χ4n) is 3.65. The van der Waals surface area contributed by atoms with Crippen LogP contribution in [0.15, 0.2) is 91.0 Å². The van der Waals surface area contributed by atoms with E-state index in [1.165, 1.54) is 48.0 Å². The molecule has 5 aromatic rings. The molecule has 1 heteroatoms. The number of thiophene rings is 1. The second-order valence-electron chi connectivity index (χ2n) is 6.76. The van der Waals surface area contributed by atoms with Gasteiger partial charge in [0, 0.05) is 20.2 Å². The first-order valence-electron chi connectivity index (χ1n) is 8.87. The Bertz CT molecular complexity index is 1230. The summed E-state index contributed by atoms with van der Waals surface area (Å²) < 4.78 is 2.71. The van der Waals surface area contributed by atoms with E-state index in [4.69, 9.17) is 0 Å². The molecule has 1 aromatic heterocycles. The Morgan fingerprint density at radius 3 is 2.04 bits per heavy atom. The minimum atomic E-state index is 1.26. The van der Waals surface area contributed by atoms with Crippen molar-refractivity contribution in [1.29, 1.82) is 0 Å². The molecule has 0 radical (unpaired) electrons. The fraction of sp³-hybridized carbons (Fsp3) is 0.0400. The summed E-state index contributed by atoms with van der Waals surface area (Å²) in [7, 11) is 0. The highest BCUT2D eigenvalue weighted by Gasteiger charge is 2.08. The SMILES string of the molecule is Cc1cc(-c2ccccc2)cc(-c2ccc3sc4ccccc4c3c2)c1. The van der Waals surface area contributed by atoms with Crippen molar-refractivity contribution in [2.24, 2.45) is 0 Å². The van der Waals surface area contributed by atoms with E-state index in [1.54, 1.807) is 0 Å². The summed E-state index contributed by atoms with van der Waals surface area (Å²) in [6.07, 6.45) is 0. The predicted molar refractivity (Wildman–Crippen MR) is 115 cm³/mol. The van der Waals surface area contributed by atoms with Gasteiger partial charge in [0.15, 0.2) is 0 Å². The quantitative estimate of drug-likeness (QED) is 0.306. The van der Waals surface area contributed by atoms with E-state index in [0.29, 0.717) is 0 Å². The molecule has 1 heterocycles. The van der Waals surface area contributed by atoms with Crippen molar-refractivity contribution in [2.45, 2.75) is 6.92 Å². The molecular formula is C25H18S. The largest absolute Gasteiger partial charge is 0.135 e. The van der Waals surface area contributed by atoms with Gasteiger partial charge < -0.3 is 0 Å². The maximum atomic E-state index is 2.34. The maximum absolute atomic E-state index is 2.34. The number of fused-ring (bicyclic) bond motifs is 3. The molecule has 0 nitrogen and oxygen atoms in total. The first kappa shape index (κ1) is 15.4. The topological polar surface area (TPSA) is 0 Å². The average molecular weight is 350 g/mol. The molecule has 0 aliphatic carbocycles. The van der Waals surface area contributed by atoms with Crippen molar-refractivity contribution in [2.75, 3.05) is 0 Å². The van der Waals surface area contributed by atoms with Crippen LogP contribution >= 0.6 is 11.3 Å². The number of aryl methyl sites for hydroxylation is 1. The van der Waals surface area contributed by atoms with E-state index >= 15 is 0 Å². The van der Waals surface area contributed by atoms with Crippen molar-refractivity contribution >= 4 is 31.5 Å². The second-order valence-corrected chi connectivity index (χ2v) is 7.85. The molecule has 0 aliphatic rings. The molecule has 124 valence electrons. The van der Waals surface area contributed by atoms with Gasteiger partial charge in [0.1, 0.15) is 0 Å². The fourth-order valence-corrected chi connectivity index (χ4v) is 4.74. The third-order valence-corrected chi connectivity index (χ3v) is 6.05. The number of rotatable bonds is 2. The Labute approximate surface area is 157 Å². The van der Waals surface area contributed by atoms with Crippen LogP contribution in [0, 0.1) is 6.92 Å². The summed E-state index contributed by atoms with van der Waals surface area (Å²) in [6.45, 7) is 2.18. The highest BCUT2D eigenvalue weighted by Crippen LogP contribution is 2.37. The first-order chi connectivity index (χ1) is 12.8. The van der Waals surface area contributed by atoms with Gasteiger partial charge in [0.25, 0.3) is 0 Å². The molecule has 0 atom stereocenters. The summed E-state index contributed by atoms with van der Waals surface area (Å²) in [6, 6.07) is 33.0. The molecule has 0 aliphatic heterocycles. The van der Waals surface area contributed by atoms with Crippen molar-refractivity contribution in [3.05, 3.63) is 96.6 Å². The zero-order valence-corrected chi connectivity index (χ0v) is 15.4. The van der Waals surface area contributed by atoms with Crippen LogP contribution in [-0.4, -0.2) is 0 Å². The molecule has 0 unspecified atom stereocenters. The van der Waals surface area contributed by atoms with Crippen LogP contribution in [-0.2, 0) is 0 Å². The van der Waals surface area contributed by atoms with Gasteiger partial charge in [-0.25, -0.2) is 0 Å². The molecule has 0 saturated carbocycles.